The molecule has 1 aromatic heterocycles. The van der Waals surface area contributed by atoms with E-state index in [1.807, 2.05) is 35.2 Å². The molecule has 0 fully saturated rings. The molecule has 4 rings (SSSR count). The van der Waals surface area contributed by atoms with Crippen LogP contribution in [0, 0.1) is 0 Å². The molecule has 2 aromatic carbocycles. The van der Waals surface area contributed by atoms with Gasteiger partial charge in [-0.3, -0.25) is 14.9 Å². The largest absolute Gasteiger partial charge is 0.326 e. The maximum atomic E-state index is 13.5. The molecular weight excluding hydrogens is 404 g/mol. The highest BCUT2D eigenvalue weighted by Crippen LogP contribution is 2.24. The molecule has 7 heteroatoms. The topological polar surface area (TPSA) is 85.8 Å². The van der Waals surface area contributed by atoms with E-state index in [-0.39, 0.29) is 6.03 Å². The van der Waals surface area contributed by atoms with E-state index >= 15 is 0 Å². The fourth-order valence-corrected chi connectivity index (χ4v) is 3.70. The maximum Gasteiger partial charge on any atom is 0.326 e. The normalized spacial score (nSPS) is 13.3. The second-order valence-corrected chi connectivity index (χ2v) is 7.49. The number of carbonyl (C=O) groups excluding carboxylic acids is 2. The Morgan fingerprint density at radius 3 is 2.38 bits per heavy atom. The number of urea groups is 1. The van der Waals surface area contributed by atoms with Crippen molar-refractivity contribution in [3.8, 4) is 0 Å². The van der Waals surface area contributed by atoms with Gasteiger partial charge in [0.1, 0.15) is 5.82 Å². The van der Waals surface area contributed by atoms with Gasteiger partial charge < -0.3 is 4.90 Å². The van der Waals surface area contributed by atoms with Crippen molar-refractivity contribution in [2.75, 3.05) is 18.0 Å². The zero-order valence-electron chi connectivity index (χ0n) is 17.5. The van der Waals surface area contributed by atoms with Gasteiger partial charge in [0.25, 0.3) is 5.91 Å². The first-order valence-electron chi connectivity index (χ1n) is 10.4. The number of anilines is 1. The van der Waals surface area contributed by atoms with Gasteiger partial charge in [-0.1, -0.05) is 54.6 Å². The third-order valence-electron chi connectivity index (χ3n) is 5.44. The third-order valence-corrected chi connectivity index (χ3v) is 5.44. The standard InChI is InChI=1S/C25H24N4O3/c30-24(27-32)22-11-9-19(10-12-22)18-29(23-8-4-5-15-26-23)25(31)28-16-13-21(14-17-28)20-6-2-1-3-7-20/h1-13,15,32H,14,16-18H2,(H,27,30). The van der Waals surface area contributed by atoms with Crippen molar-refractivity contribution in [2.24, 2.45) is 0 Å². The van der Waals surface area contributed by atoms with Crippen molar-refractivity contribution in [3.63, 3.8) is 0 Å². The molecule has 1 aliphatic rings. The fourth-order valence-electron chi connectivity index (χ4n) is 3.70. The van der Waals surface area contributed by atoms with E-state index in [2.05, 4.69) is 23.2 Å². The Labute approximate surface area is 186 Å². The van der Waals surface area contributed by atoms with E-state index in [1.165, 1.54) is 11.1 Å². The molecule has 32 heavy (non-hydrogen) atoms. The lowest BCUT2D eigenvalue weighted by Gasteiger charge is -2.32. The first-order chi connectivity index (χ1) is 15.7. The van der Waals surface area contributed by atoms with Gasteiger partial charge >= 0.3 is 6.03 Å². The second kappa shape index (κ2) is 9.89. The monoisotopic (exact) mass is 428 g/mol. The Kier molecular flexibility index (Phi) is 6.57. The van der Waals surface area contributed by atoms with Crippen LogP contribution in [0.2, 0.25) is 0 Å². The van der Waals surface area contributed by atoms with Gasteiger partial charge in [-0.05, 0) is 47.4 Å². The van der Waals surface area contributed by atoms with E-state index in [0.29, 0.717) is 31.0 Å². The lowest BCUT2D eigenvalue weighted by molar-refractivity contribution is 0.0706. The Morgan fingerprint density at radius 1 is 1.00 bits per heavy atom. The van der Waals surface area contributed by atoms with Crippen LogP contribution >= 0.6 is 0 Å². The molecule has 1 aliphatic heterocycles. The SMILES string of the molecule is O=C(NO)c1ccc(CN(C(=O)N2CC=C(c3ccccc3)CC2)c2ccccn2)cc1. The van der Waals surface area contributed by atoms with Crippen molar-refractivity contribution in [3.05, 3.63) is 102 Å². The van der Waals surface area contributed by atoms with E-state index in [1.54, 1.807) is 46.9 Å². The van der Waals surface area contributed by atoms with Crippen LogP contribution in [0.15, 0.2) is 85.1 Å². The van der Waals surface area contributed by atoms with Gasteiger partial charge in [0.15, 0.2) is 0 Å². The van der Waals surface area contributed by atoms with Gasteiger partial charge in [-0.15, -0.1) is 0 Å². The number of hydrogen-bond donors (Lipinski definition) is 2. The van der Waals surface area contributed by atoms with Crippen molar-refractivity contribution in [2.45, 2.75) is 13.0 Å². The summed E-state index contributed by atoms with van der Waals surface area (Å²) in [7, 11) is 0. The highest BCUT2D eigenvalue weighted by molar-refractivity contribution is 5.93. The van der Waals surface area contributed by atoms with Crippen LogP contribution < -0.4 is 10.4 Å². The second-order valence-electron chi connectivity index (χ2n) is 7.49. The van der Waals surface area contributed by atoms with E-state index in [0.717, 1.165) is 12.0 Å². The number of amides is 3. The summed E-state index contributed by atoms with van der Waals surface area (Å²) in [6, 6.07) is 22.3. The van der Waals surface area contributed by atoms with Crippen LogP contribution in [-0.2, 0) is 6.54 Å². The number of aromatic nitrogens is 1. The van der Waals surface area contributed by atoms with Crippen molar-refractivity contribution in [1.29, 1.82) is 0 Å². The number of nitrogens with zero attached hydrogens (tertiary/aromatic N) is 3. The van der Waals surface area contributed by atoms with Crippen molar-refractivity contribution < 1.29 is 14.8 Å². The first kappa shape index (κ1) is 21.3. The van der Waals surface area contributed by atoms with E-state index in [4.69, 9.17) is 5.21 Å². The molecule has 0 atom stereocenters. The fraction of sp³-hybridized carbons (Fsp3) is 0.160. The zero-order chi connectivity index (χ0) is 22.3. The Hall–Kier alpha value is -3.97. The first-order valence-corrected chi connectivity index (χ1v) is 10.4. The van der Waals surface area contributed by atoms with Gasteiger partial charge in [-0.2, -0.15) is 0 Å². The average Bonchev–Trinajstić information content (AvgIpc) is 2.88. The van der Waals surface area contributed by atoms with Gasteiger partial charge in [0.2, 0.25) is 0 Å². The van der Waals surface area contributed by atoms with Crippen LogP contribution in [0.25, 0.3) is 5.57 Å². The van der Waals surface area contributed by atoms with Crippen LogP contribution in [0.1, 0.15) is 27.9 Å². The molecule has 0 bridgehead atoms. The summed E-state index contributed by atoms with van der Waals surface area (Å²) < 4.78 is 0. The molecule has 0 aliphatic carbocycles. The molecule has 0 spiro atoms. The molecule has 0 unspecified atom stereocenters. The number of nitrogens with one attached hydrogen (secondary N) is 1. The van der Waals surface area contributed by atoms with Crippen molar-refractivity contribution >= 4 is 23.3 Å². The summed E-state index contributed by atoms with van der Waals surface area (Å²) in [5.74, 6) is -0.0175. The molecular formula is C25H24N4O3. The van der Waals surface area contributed by atoms with E-state index < -0.39 is 5.91 Å². The van der Waals surface area contributed by atoms with Crippen LogP contribution in [-0.4, -0.2) is 40.1 Å². The number of pyridine rings is 1. The Bertz CT molecular complexity index is 1100. The van der Waals surface area contributed by atoms with Gasteiger partial charge in [0, 0.05) is 24.8 Å². The molecule has 3 amide bonds. The van der Waals surface area contributed by atoms with Crippen molar-refractivity contribution in [1.82, 2.24) is 15.4 Å². The predicted octanol–water partition coefficient (Wildman–Crippen LogP) is 4.12. The zero-order valence-corrected chi connectivity index (χ0v) is 17.5. The molecule has 7 nitrogen and oxygen atoms in total. The Morgan fingerprint density at radius 2 is 1.75 bits per heavy atom. The van der Waals surface area contributed by atoms with Crippen LogP contribution in [0.5, 0.6) is 0 Å². The minimum atomic E-state index is -0.580. The minimum absolute atomic E-state index is 0.121. The summed E-state index contributed by atoms with van der Waals surface area (Å²) in [5, 5.41) is 8.79. The lowest BCUT2D eigenvalue weighted by Crippen LogP contribution is -2.45. The number of carbonyl (C=O) groups is 2. The quantitative estimate of drug-likeness (QED) is 0.473. The molecule has 3 aromatic rings. The minimum Gasteiger partial charge on any atom is -0.320 e. The number of benzene rings is 2. The third kappa shape index (κ3) is 4.84. The molecule has 0 radical (unpaired) electrons. The molecule has 0 saturated carbocycles. The summed E-state index contributed by atoms with van der Waals surface area (Å²) in [6.45, 7) is 1.46. The number of hydroxylamine groups is 1. The maximum absolute atomic E-state index is 13.5. The smallest absolute Gasteiger partial charge is 0.320 e. The van der Waals surface area contributed by atoms with Gasteiger partial charge in [0.05, 0.1) is 6.54 Å². The Balaban J connectivity index is 1.53. The summed E-state index contributed by atoms with van der Waals surface area (Å²) >= 11 is 0. The van der Waals surface area contributed by atoms with E-state index in [9.17, 15) is 9.59 Å². The summed E-state index contributed by atoms with van der Waals surface area (Å²) in [6.07, 6.45) is 4.56. The van der Waals surface area contributed by atoms with Gasteiger partial charge in [-0.25, -0.2) is 15.3 Å². The highest BCUT2D eigenvalue weighted by Gasteiger charge is 2.25. The molecule has 0 saturated heterocycles. The lowest BCUT2D eigenvalue weighted by atomic mass is 10.00. The van der Waals surface area contributed by atoms with Crippen LogP contribution in [0.4, 0.5) is 10.6 Å². The number of rotatable bonds is 5. The number of hydrogen-bond acceptors (Lipinski definition) is 4. The highest BCUT2D eigenvalue weighted by atomic mass is 16.5. The molecule has 2 N–H and O–H groups in total. The summed E-state index contributed by atoms with van der Waals surface area (Å²) in [4.78, 5) is 32.9. The molecule has 2 heterocycles. The van der Waals surface area contributed by atoms with Crippen LogP contribution in [0.3, 0.4) is 0 Å². The summed E-state index contributed by atoms with van der Waals surface area (Å²) in [5.41, 5.74) is 5.23. The molecule has 162 valence electrons. The average molecular weight is 428 g/mol. The predicted molar refractivity (Wildman–Crippen MR) is 122 cm³/mol.